The minimum Gasteiger partial charge on any atom is -0.394 e. The van der Waals surface area contributed by atoms with Crippen molar-refractivity contribution < 1.29 is 78.3 Å². The predicted octanol–water partition coefficient (Wildman–Crippen LogP) is 3.41. The van der Waals surface area contributed by atoms with E-state index in [1.54, 1.807) is 6.92 Å². The summed E-state index contributed by atoms with van der Waals surface area (Å²) in [6.45, 7) is 1.54. The largest absolute Gasteiger partial charge is 0.394 e. The lowest BCUT2D eigenvalue weighted by atomic mass is 9.67. The van der Waals surface area contributed by atoms with E-state index in [2.05, 4.69) is 5.32 Å². The van der Waals surface area contributed by atoms with Crippen molar-refractivity contribution in [2.45, 2.75) is 138 Å². The lowest BCUT2D eigenvalue weighted by Crippen LogP contribution is -2.87. The van der Waals surface area contributed by atoms with E-state index in [4.69, 9.17) is 37.9 Å². The van der Waals surface area contributed by atoms with Crippen LogP contribution in [-0.2, 0) is 75.5 Å². The Morgan fingerprint density at radius 1 is 0.649 bits per heavy atom. The number of nitrogens with zero attached hydrogens (tertiary/aromatic N) is 1. The molecule has 7 N–H and O–H groups in total. The van der Waals surface area contributed by atoms with Gasteiger partial charge in [-0.15, -0.1) is 0 Å². The van der Waals surface area contributed by atoms with Gasteiger partial charge in [-0.05, 0) is 29.2 Å². The summed E-state index contributed by atoms with van der Waals surface area (Å²) in [4.78, 5) is 26.0. The highest BCUT2D eigenvalue weighted by Crippen LogP contribution is 2.49. The average Bonchev–Trinajstić information content (AvgIpc) is 3.41. The second-order valence-corrected chi connectivity index (χ2v) is 18.8. The van der Waals surface area contributed by atoms with Crippen molar-refractivity contribution >= 4 is 11.6 Å². The summed E-state index contributed by atoms with van der Waals surface area (Å²) in [5.74, 6) is -3.84. The number of carbonyl (C=O) groups excluding carboxylic acids is 1. The van der Waals surface area contributed by atoms with Crippen LogP contribution in [0.25, 0.3) is 0 Å². The Labute approximate surface area is 428 Å². The normalized spacial score (nSPS) is 32.1. The summed E-state index contributed by atoms with van der Waals surface area (Å²) >= 11 is 0. The van der Waals surface area contributed by atoms with Gasteiger partial charge in [0, 0.05) is 25.0 Å². The lowest BCUT2D eigenvalue weighted by molar-refractivity contribution is -0.407. The Kier molecular flexibility index (Phi) is 18.3. The Hall–Kier alpha value is -5.59. The number of aliphatic hydroxyl groups is 6. The van der Waals surface area contributed by atoms with E-state index >= 15 is 0 Å². The van der Waals surface area contributed by atoms with Crippen molar-refractivity contribution in [1.29, 1.82) is 0 Å². The van der Waals surface area contributed by atoms with Crippen LogP contribution < -0.4 is 5.32 Å². The van der Waals surface area contributed by atoms with Crippen LogP contribution in [0.5, 0.6) is 0 Å². The molecule has 5 aromatic rings. The maximum absolute atomic E-state index is 14.0. The molecule has 0 spiro atoms. The first-order chi connectivity index (χ1) is 35.7. The molecule has 74 heavy (non-hydrogen) atoms. The van der Waals surface area contributed by atoms with Gasteiger partial charge in [-0.1, -0.05) is 140 Å². The molecule has 15 atom stereocenters. The average molecular weight is 1030 g/mol. The van der Waals surface area contributed by atoms with Gasteiger partial charge in [0.15, 0.2) is 17.6 Å². The van der Waals surface area contributed by atoms with Crippen LogP contribution in [0.1, 0.15) is 41.7 Å². The van der Waals surface area contributed by atoms with Gasteiger partial charge in [0.05, 0.1) is 50.7 Å². The zero-order valence-electron chi connectivity index (χ0n) is 40.9. The Bertz CT molecular complexity index is 2550. The molecule has 0 aromatic heterocycles. The molecule has 0 bridgehead atoms. The number of aliphatic hydroxyl groups excluding tert-OH is 5. The molecule has 3 fully saturated rings. The Balaban J connectivity index is 1.25. The van der Waals surface area contributed by atoms with Crippen LogP contribution in [0.15, 0.2) is 146 Å². The molecule has 0 saturated carbocycles. The number of amides is 1. The zero-order chi connectivity index (χ0) is 52.4. The molecule has 396 valence electrons. The SMILES string of the molecule is CC(=O)N[C@]1([C@@H]2O[C@@H](C)[C@@H](OCc3ccccc3)[C@@H](OCc3ccccc3)[C@@H]2OCc2ccccc2)[C@@H](O)[C@H](O[C@@H]2O[C@H](COCc3ccccc3)[C@H](O)[C@H](O)[C@H]2O)[C@@H](CO)O[C@]1(O)Cc1ccccc1[N+](=O)[O-]. The number of nitro benzene ring substituents is 1. The van der Waals surface area contributed by atoms with Crippen LogP contribution in [0.3, 0.4) is 0 Å². The molecule has 8 rings (SSSR count). The fourth-order valence-corrected chi connectivity index (χ4v) is 10.1. The quantitative estimate of drug-likeness (QED) is 0.0410. The molecule has 19 heteroatoms. The lowest BCUT2D eigenvalue weighted by Gasteiger charge is -2.62. The topological polar surface area (TPSA) is 267 Å². The van der Waals surface area contributed by atoms with Gasteiger partial charge in [0.1, 0.15) is 67.1 Å². The summed E-state index contributed by atoms with van der Waals surface area (Å²) in [5.41, 5.74) is -0.220. The number of rotatable bonds is 21. The maximum Gasteiger partial charge on any atom is 0.272 e. The predicted molar refractivity (Wildman–Crippen MR) is 263 cm³/mol. The molecule has 3 saturated heterocycles. The molecule has 5 aromatic carbocycles. The van der Waals surface area contributed by atoms with Gasteiger partial charge in [-0.25, -0.2) is 0 Å². The van der Waals surface area contributed by atoms with Crippen LogP contribution in [0, 0.1) is 10.1 Å². The van der Waals surface area contributed by atoms with Crippen molar-refractivity contribution in [2.24, 2.45) is 0 Å². The van der Waals surface area contributed by atoms with Gasteiger partial charge in [0.25, 0.3) is 5.69 Å². The molecule has 3 aliphatic rings. The molecule has 3 heterocycles. The molecular formula is C55H64N2O17. The molecule has 0 aliphatic carbocycles. The number of benzene rings is 5. The van der Waals surface area contributed by atoms with E-state index in [1.807, 2.05) is 121 Å². The van der Waals surface area contributed by atoms with E-state index < -0.39 is 120 Å². The first-order valence-electron chi connectivity index (χ1n) is 24.5. The second kappa shape index (κ2) is 24.8. The number of ether oxygens (including phenoxy) is 8. The summed E-state index contributed by atoms with van der Waals surface area (Å²) in [6.07, 6.45) is -21.9. The zero-order valence-corrected chi connectivity index (χ0v) is 40.9. The fraction of sp³-hybridized carbons (Fsp3) is 0.436. The van der Waals surface area contributed by atoms with Crippen molar-refractivity contribution in [1.82, 2.24) is 5.32 Å². The number of nitro groups is 1. The third-order valence-corrected chi connectivity index (χ3v) is 13.7. The highest BCUT2D eigenvalue weighted by atomic mass is 16.7. The van der Waals surface area contributed by atoms with E-state index in [0.717, 1.165) is 23.6 Å². The standard InChI is InChI=1S/C55H64N2O17/c1-34-47(68-30-37-19-9-4-10-20-37)49(69-31-38-21-11-5-12-22-38)50(70-32-39-23-13-6-14-24-39)52(71-34)55(56-35(2)59)51(63)48(42(28-58)74-54(55,64)27-40-25-15-16-26-41(40)57(65)66)73-53-46(62)45(61)44(60)43(72-53)33-67-29-36-17-7-3-8-18-36/h3-26,34,42-53,58,60-64H,27-33H2,1-2H3,(H,56,59)/t34-,42+,43+,44-,45-,46+,47+,48+,49+,50-,51-,52+,53-,54+,55-/m0/s1. The third-order valence-electron chi connectivity index (χ3n) is 13.7. The number of nitrogens with one attached hydrogen (secondary N) is 1. The number of para-hydroxylation sites is 1. The molecule has 19 nitrogen and oxygen atoms in total. The third kappa shape index (κ3) is 12.2. The summed E-state index contributed by atoms with van der Waals surface area (Å²) in [7, 11) is 0. The van der Waals surface area contributed by atoms with Crippen LogP contribution in [-0.4, -0.2) is 146 Å². The number of hydrogen-bond acceptors (Lipinski definition) is 17. The molecule has 0 unspecified atom stereocenters. The smallest absolute Gasteiger partial charge is 0.272 e. The van der Waals surface area contributed by atoms with E-state index in [0.29, 0.717) is 5.56 Å². The molecule has 3 aliphatic heterocycles. The van der Waals surface area contributed by atoms with Gasteiger partial charge in [-0.3, -0.25) is 14.9 Å². The summed E-state index contributed by atoms with van der Waals surface area (Å²) in [5, 5.41) is 87.4. The van der Waals surface area contributed by atoms with Gasteiger partial charge in [-0.2, -0.15) is 0 Å². The first-order valence-corrected chi connectivity index (χ1v) is 24.5. The molecule has 1 amide bonds. The van der Waals surface area contributed by atoms with Crippen molar-refractivity contribution in [2.75, 3.05) is 13.2 Å². The maximum atomic E-state index is 14.0. The van der Waals surface area contributed by atoms with Crippen LogP contribution in [0.4, 0.5) is 5.69 Å². The molecule has 0 radical (unpaired) electrons. The van der Waals surface area contributed by atoms with Crippen molar-refractivity contribution in [3.05, 3.63) is 184 Å². The van der Waals surface area contributed by atoms with E-state index in [1.165, 1.54) is 24.3 Å². The monoisotopic (exact) mass is 1020 g/mol. The van der Waals surface area contributed by atoms with Gasteiger partial charge < -0.3 is 73.9 Å². The number of hydrogen-bond donors (Lipinski definition) is 7. The summed E-state index contributed by atoms with van der Waals surface area (Å²) in [6, 6.07) is 42.3. The van der Waals surface area contributed by atoms with Crippen LogP contribution >= 0.6 is 0 Å². The van der Waals surface area contributed by atoms with Crippen molar-refractivity contribution in [3.63, 3.8) is 0 Å². The van der Waals surface area contributed by atoms with Crippen LogP contribution in [0.2, 0.25) is 0 Å². The van der Waals surface area contributed by atoms with Gasteiger partial charge >= 0.3 is 0 Å². The minimum absolute atomic E-state index is 0.00630. The Morgan fingerprint density at radius 3 is 1.68 bits per heavy atom. The summed E-state index contributed by atoms with van der Waals surface area (Å²) < 4.78 is 52.2. The number of carbonyl (C=O) groups is 1. The van der Waals surface area contributed by atoms with Gasteiger partial charge in [0.2, 0.25) is 5.91 Å². The van der Waals surface area contributed by atoms with E-state index in [9.17, 15) is 45.5 Å². The highest BCUT2D eigenvalue weighted by molar-refractivity contribution is 5.74. The second-order valence-electron chi connectivity index (χ2n) is 18.8. The van der Waals surface area contributed by atoms with E-state index in [-0.39, 0.29) is 38.6 Å². The first kappa shape index (κ1) is 54.7. The highest BCUT2D eigenvalue weighted by Gasteiger charge is 2.73. The fourth-order valence-electron chi connectivity index (χ4n) is 10.1. The molecular weight excluding hydrogens is 961 g/mol. The minimum atomic E-state index is -2.98. The Morgan fingerprint density at radius 2 is 1.15 bits per heavy atom. The van der Waals surface area contributed by atoms with Crippen molar-refractivity contribution in [3.8, 4) is 0 Å².